The summed E-state index contributed by atoms with van der Waals surface area (Å²) in [5, 5.41) is 3.42. The molecule has 4 rings (SSSR count). The van der Waals surface area contributed by atoms with E-state index in [1.165, 1.54) is 10.9 Å². The first-order valence-corrected chi connectivity index (χ1v) is 8.95. The Morgan fingerprint density at radius 1 is 1.11 bits per heavy atom. The summed E-state index contributed by atoms with van der Waals surface area (Å²) in [5.74, 6) is -0.161. The van der Waals surface area contributed by atoms with Gasteiger partial charge in [0.25, 0.3) is 5.56 Å². The number of aromatic nitrogens is 4. The van der Waals surface area contributed by atoms with Gasteiger partial charge < -0.3 is 9.88 Å². The first-order chi connectivity index (χ1) is 13.6. The Labute approximate surface area is 161 Å². The zero-order valence-electron chi connectivity index (χ0n) is 15.4. The summed E-state index contributed by atoms with van der Waals surface area (Å²) in [7, 11) is 0. The fraction of sp³-hybridized carbons (Fsp3) is 0.143. The number of anilines is 1. The molecule has 0 radical (unpaired) electrons. The summed E-state index contributed by atoms with van der Waals surface area (Å²) >= 11 is 0. The van der Waals surface area contributed by atoms with Gasteiger partial charge in [0.05, 0.1) is 23.6 Å². The molecule has 7 heteroatoms. The van der Waals surface area contributed by atoms with Crippen molar-refractivity contribution in [2.45, 2.75) is 19.9 Å². The molecule has 28 heavy (non-hydrogen) atoms. The van der Waals surface area contributed by atoms with E-state index in [9.17, 15) is 9.59 Å². The third-order valence-corrected chi connectivity index (χ3v) is 4.59. The standard InChI is InChI=1S/C21H19N5O2/c1-15-3-2-4-18-20(15)23-14-26(21(18)28)11-9-19(27)24-16-5-7-17(8-6-16)25-12-10-22-13-25/h2-8,10,12-14H,9,11H2,1H3,(H,24,27). The van der Waals surface area contributed by atoms with Gasteiger partial charge in [-0.2, -0.15) is 0 Å². The van der Waals surface area contributed by atoms with Crippen molar-refractivity contribution in [1.29, 1.82) is 0 Å². The molecular weight excluding hydrogens is 354 g/mol. The SMILES string of the molecule is Cc1cccc2c(=O)n(CCC(=O)Nc3ccc(-n4ccnc4)cc3)cnc12. The first kappa shape index (κ1) is 17.7. The number of hydrogen-bond acceptors (Lipinski definition) is 4. The van der Waals surface area contributed by atoms with Crippen LogP contribution < -0.4 is 10.9 Å². The van der Waals surface area contributed by atoms with E-state index < -0.39 is 0 Å². The van der Waals surface area contributed by atoms with Crippen LogP contribution in [0.15, 0.2) is 72.3 Å². The topological polar surface area (TPSA) is 81.8 Å². The third kappa shape index (κ3) is 3.55. The molecule has 7 nitrogen and oxygen atoms in total. The molecule has 0 saturated carbocycles. The van der Waals surface area contributed by atoms with Gasteiger partial charge in [-0.3, -0.25) is 14.2 Å². The number of aryl methyl sites for hydroxylation is 2. The van der Waals surface area contributed by atoms with Crippen molar-refractivity contribution in [3.8, 4) is 5.69 Å². The van der Waals surface area contributed by atoms with Gasteiger partial charge in [-0.05, 0) is 42.8 Å². The predicted octanol–water partition coefficient (Wildman–Crippen LogP) is 2.92. The predicted molar refractivity (Wildman–Crippen MR) is 108 cm³/mol. The monoisotopic (exact) mass is 373 g/mol. The average Bonchev–Trinajstić information content (AvgIpc) is 3.23. The van der Waals surface area contributed by atoms with Gasteiger partial charge >= 0.3 is 0 Å². The summed E-state index contributed by atoms with van der Waals surface area (Å²) in [4.78, 5) is 33.2. The summed E-state index contributed by atoms with van der Waals surface area (Å²) in [5.41, 5.74) is 3.18. The van der Waals surface area contributed by atoms with E-state index in [-0.39, 0.29) is 24.4 Å². The van der Waals surface area contributed by atoms with Gasteiger partial charge in [-0.25, -0.2) is 9.97 Å². The van der Waals surface area contributed by atoms with E-state index >= 15 is 0 Å². The molecule has 0 atom stereocenters. The van der Waals surface area contributed by atoms with Crippen molar-refractivity contribution in [3.05, 3.63) is 83.4 Å². The van der Waals surface area contributed by atoms with Crippen LogP contribution in [0.4, 0.5) is 5.69 Å². The molecule has 2 heterocycles. The van der Waals surface area contributed by atoms with E-state index in [4.69, 9.17) is 0 Å². The molecule has 1 amide bonds. The van der Waals surface area contributed by atoms with E-state index in [0.717, 1.165) is 11.3 Å². The Kier molecular flexibility index (Phi) is 4.72. The molecule has 0 spiro atoms. The second kappa shape index (κ2) is 7.48. The lowest BCUT2D eigenvalue weighted by Gasteiger charge is -2.09. The van der Waals surface area contributed by atoms with Gasteiger partial charge in [-0.1, -0.05) is 12.1 Å². The van der Waals surface area contributed by atoms with E-state index in [1.807, 2.05) is 54.1 Å². The molecule has 0 bridgehead atoms. The van der Waals surface area contributed by atoms with Crippen molar-refractivity contribution >= 4 is 22.5 Å². The molecule has 0 unspecified atom stereocenters. The van der Waals surface area contributed by atoms with E-state index in [2.05, 4.69) is 15.3 Å². The summed E-state index contributed by atoms with van der Waals surface area (Å²) in [6.07, 6.45) is 6.96. The molecule has 2 aromatic heterocycles. The van der Waals surface area contributed by atoms with E-state index in [0.29, 0.717) is 16.6 Å². The van der Waals surface area contributed by atoms with Crippen LogP contribution in [0.1, 0.15) is 12.0 Å². The third-order valence-electron chi connectivity index (χ3n) is 4.59. The number of amides is 1. The molecule has 0 saturated heterocycles. The van der Waals surface area contributed by atoms with Gasteiger partial charge in [0.2, 0.25) is 5.91 Å². The number of hydrogen-bond donors (Lipinski definition) is 1. The molecule has 140 valence electrons. The highest BCUT2D eigenvalue weighted by Crippen LogP contribution is 2.14. The molecular formula is C21H19N5O2. The number of carbonyl (C=O) groups excluding carboxylic acids is 1. The van der Waals surface area contributed by atoms with Crippen molar-refractivity contribution in [2.75, 3.05) is 5.32 Å². The van der Waals surface area contributed by atoms with Gasteiger partial charge in [0, 0.05) is 36.7 Å². The van der Waals surface area contributed by atoms with Crippen LogP contribution >= 0.6 is 0 Å². The Hall–Kier alpha value is -3.74. The average molecular weight is 373 g/mol. The van der Waals surface area contributed by atoms with Crippen LogP contribution in [0, 0.1) is 6.92 Å². The highest BCUT2D eigenvalue weighted by atomic mass is 16.1. The summed E-state index contributed by atoms with van der Waals surface area (Å²) < 4.78 is 3.36. The molecule has 0 aliphatic rings. The van der Waals surface area contributed by atoms with Gasteiger partial charge in [0.1, 0.15) is 0 Å². The number of imidazole rings is 1. The molecule has 1 N–H and O–H groups in total. The minimum atomic E-state index is -0.161. The summed E-state index contributed by atoms with van der Waals surface area (Å²) in [6.45, 7) is 2.19. The first-order valence-electron chi connectivity index (χ1n) is 8.95. The van der Waals surface area contributed by atoms with Crippen LogP contribution in [0.25, 0.3) is 16.6 Å². The Morgan fingerprint density at radius 2 is 1.93 bits per heavy atom. The maximum absolute atomic E-state index is 12.6. The zero-order chi connectivity index (χ0) is 19.5. The number of benzene rings is 2. The highest BCUT2D eigenvalue weighted by Gasteiger charge is 2.08. The number of nitrogens with zero attached hydrogens (tertiary/aromatic N) is 4. The second-order valence-electron chi connectivity index (χ2n) is 6.53. The van der Waals surface area contributed by atoms with Crippen LogP contribution in [-0.2, 0) is 11.3 Å². The van der Waals surface area contributed by atoms with Gasteiger partial charge in [0.15, 0.2) is 0 Å². The maximum atomic E-state index is 12.6. The number of fused-ring (bicyclic) bond motifs is 1. The van der Waals surface area contributed by atoms with Crippen molar-refractivity contribution in [2.24, 2.45) is 0 Å². The highest BCUT2D eigenvalue weighted by molar-refractivity contribution is 5.90. The van der Waals surface area contributed by atoms with Crippen LogP contribution in [0.3, 0.4) is 0 Å². The number of rotatable bonds is 5. The number of carbonyl (C=O) groups is 1. The summed E-state index contributed by atoms with van der Waals surface area (Å²) in [6, 6.07) is 13.0. The maximum Gasteiger partial charge on any atom is 0.261 e. The lowest BCUT2D eigenvalue weighted by molar-refractivity contribution is -0.116. The lowest BCUT2D eigenvalue weighted by atomic mass is 10.1. The largest absolute Gasteiger partial charge is 0.326 e. The van der Waals surface area contributed by atoms with Gasteiger partial charge in [-0.15, -0.1) is 0 Å². The van der Waals surface area contributed by atoms with Crippen molar-refractivity contribution in [1.82, 2.24) is 19.1 Å². The number of para-hydroxylation sites is 1. The van der Waals surface area contributed by atoms with E-state index in [1.54, 1.807) is 18.6 Å². The van der Waals surface area contributed by atoms with Crippen LogP contribution in [0.2, 0.25) is 0 Å². The van der Waals surface area contributed by atoms with Crippen molar-refractivity contribution < 1.29 is 4.79 Å². The lowest BCUT2D eigenvalue weighted by Crippen LogP contribution is -2.23. The molecule has 0 aliphatic heterocycles. The Bertz CT molecular complexity index is 1180. The second-order valence-corrected chi connectivity index (χ2v) is 6.53. The minimum Gasteiger partial charge on any atom is -0.326 e. The Morgan fingerprint density at radius 3 is 2.68 bits per heavy atom. The fourth-order valence-corrected chi connectivity index (χ4v) is 3.07. The fourth-order valence-electron chi connectivity index (χ4n) is 3.07. The molecule has 4 aromatic rings. The van der Waals surface area contributed by atoms with Crippen molar-refractivity contribution in [3.63, 3.8) is 0 Å². The van der Waals surface area contributed by atoms with Crippen LogP contribution in [-0.4, -0.2) is 25.0 Å². The quantitative estimate of drug-likeness (QED) is 0.583. The normalized spacial score (nSPS) is 10.9. The molecule has 2 aromatic carbocycles. The minimum absolute atomic E-state index is 0.133. The number of nitrogens with one attached hydrogen (secondary N) is 1. The zero-order valence-corrected chi connectivity index (χ0v) is 15.4. The van der Waals surface area contributed by atoms with Crippen LogP contribution in [0.5, 0.6) is 0 Å². The molecule has 0 fully saturated rings. The Balaban J connectivity index is 1.41. The molecule has 0 aliphatic carbocycles. The smallest absolute Gasteiger partial charge is 0.261 e.